The lowest BCUT2D eigenvalue weighted by atomic mass is 9.88. The minimum atomic E-state index is -2.26. The van der Waals surface area contributed by atoms with Crippen molar-refractivity contribution >= 4 is 5.97 Å². The van der Waals surface area contributed by atoms with Crippen LogP contribution in [0.1, 0.15) is 23.4 Å². The summed E-state index contributed by atoms with van der Waals surface area (Å²) in [5.41, 5.74) is 0. The highest BCUT2D eigenvalue weighted by Crippen LogP contribution is 2.38. The maximum atomic E-state index is 11.1. The number of hydrogen-bond donors (Lipinski definition) is 2. The van der Waals surface area contributed by atoms with E-state index in [2.05, 4.69) is 0 Å². The van der Waals surface area contributed by atoms with Crippen molar-refractivity contribution in [3.63, 3.8) is 0 Å². The first-order valence-corrected chi connectivity index (χ1v) is 4.51. The number of aliphatic carboxylic acids is 1. The Labute approximate surface area is 81.4 Å². The minimum absolute atomic E-state index is 0.205. The molecule has 2 N–H and O–H groups in total. The second kappa shape index (κ2) is 2.96. The zero-order valence-electron chi connectivity index (χ0n) is 10.2. The van der Waals surface area contributed by atoms with Gasteiger partial charge >= 0.3 is 5.97 Å². The van der Waals surface area contributed by atoms with E-state index in [0.717, 1.165) is 0 Å². The van der Waals surface area contributed by atoms with Gasteiger partial charge in [-0.2, -0.15) is 0 Å². The first-order chi connectivity index (χ1) is 7.32. The zero-order chi connectivity index (χ0) is 12.1. The van der Waals surface area contributed by atoms with E-state index < -0.39 is 31.0 Å². The normalized spacial score (nSPS) is 49.5. The van der Waals surface area contributed by atoms with Crippen molar-refractivity contribution in [3.8, 4) is 0 Å². The molecule has 0 spiro atoms. The summed E-state index contributed by atoms with van der Waals surface area (Å²) in [6.07, 6.45) is 0.515. The number of aliphatic hydroxyl groups is 1. The first kappa shape index (κ1) is 5.98. The molecule has 2 rings (SSSR count). The molecule has 2 heterocycles. The number of carboxylic acids is 1. The summed E-state index contributed by atoms with van der Waals surface area (Å²) >= 11 is 0. The van der Waals surface area contributed by atoms with Crippen LogP contribution < -0.4 is 0 Å². The lowest BCUT2D eigenvalue weighted by Gasteiger charge is -2.38. The average molecular weight is 188 g/mol. The third-order valence-corrected chi connectivity index (χ3v) is 3.17. The Morgan fingerprint density at radius 1 is 1.62 bits per heavy atom. The summed E-state index contributed by atoms with van der Waals surface area (Å²) in [6, 6.07) is -0.762. The largest absolute Gasteiger partial charge is 0.481 e. The van der Waals surface area contributed by atoms with Crippen molar-refractivity contribution in [3.05, 3.63) is 0 Å². The van der Waals surface area contributed by atoms with Crippen molar-refractivity contribution in [1.29, 1.82) is 0 Å². The molecule has 2 aliphatic heterocycles. The zero-order valence-corrected chi connectivity index (χ0v) is 7.18. The van der Waals surface area contributed by atoms with Crippen LogP contribution in [0.15, 0.2) is 0 Å². The van der Waals surface area contributed by atoms with E-state index in [9.17, 15) is 9.90 Å². The smallest absolute Gasteiger partial charge is 0.310 e. The van der Waals surface area contributed by atoms with E-state index in [0.29, 0.717) is 12.8 Å². The van der Waals surface area contributed by atoms with E-state index in [-0.39, 0.29) is 12.5 Å². The molecule has 2 bridgehead atoms. The van der Waals surface area contributed by atoms with E-state index in [4.69, 9.17) is 9.22 Å². The Morgan fingerprint density at radius 3 is 3.00 bits per heavy atom. The van der Waals surface area contributed by atoms with Crippen LogP contribution in [0, 0.1) is 5.92 Å². The van der Waals surface area contributed by atoms with Crippen LogP contribution in [-0.4, -0.2) is 46.2 Å². The van der Waals surface area contributed by atoms with Gasteiger partial charge in [-0.1, -0.05) is 0 Å². The summed E-state index contributed by atoms with van der Waals surface area (Å²) in [6.45, 7) is -2.26. The van der Waals surface area contributed by atoms with Crippen LogP contribution >= 0.6 is 0 Å². The van der Waals surface area contributed by atoms with Crippen molar-refractivity contribution in [2.24, 2.45) is 5.92 Å². The van der Waals surface area contributed by atoms with Crippen LogP contribution in [0.25, 0.3) is 0 Å². The van der Waals surface area contributed by atoms with Crippen molar-refractivity contribution in [1.82, 2.24) is 4.90 Å². The quantitative estimate of drug-likeness (QED) is 0.604. The third-order valence-electron chi connectivity index (χ3n) is 3.17. The summed E-state index contributed by atoms with van der Waals surface area (Å²) in [7, 11) is 0. The average Bonchev–Trinajstić information content (AvgIpc) is 2.40. The van der Waals surface area contributed by atoms with E-state index in [1.54, 1.807) is 0 Å². The summed E-state index contributed by atoms with van der Waals surface area (Å²) in [4.78, 5) is 12.4. The fraction of sp³-hybridized carbons (Fsp3) is 0.889. The van der Waals surface area contributed by atoms with Crippen LogP contribution in [0.2, 0.25) is 0 Å². The van der Waals surface area contributed by atoms with Crippen LogP contribution in [0.3, 0.4) is 0 Å². The molecule has 74 valence electrons. The number of hydrogen-bond acceptors (Lipinski definition) is 3. The van der Waals surface area contributed by atoms with Gasteiger partial charge in [0.25, 0.3) is 0 Å². The highest BCUT2D eigenvalue weighted by atomic mass is 16.4. The number of piperidine rings is 1. The first-order valence-electron chi connectivity index (χ1n) is 6.01. The highest BCUT2D eigenvalue weighted by molar-refractivity contribution is 5.72. The second-order valence-corrected chi connectivity index (χ2v) is 3.87. The number of aliphatic hydroxyl groups excluding tert-OH is 1. The van der Waals surface area contributed by atoms with Crippen LogP contribution in [0.4, 0.5) is 0 Å². The molecular formula is C9H15NO3. The molecule has 0 saturated carbocycles. The minimum Gasteiger partial charge on any atom is -0.481 e. The molecule has 2 saturated heterocycles. The molecule has 4 atom stereocenters. The maximum Gasteiger partial charge on any atom is 0.310 e. The van der Waals surface area contributed by atoms with Crippen LogP contribution in [0.5, 0.6) is 0 Å². The molecule has 2 fully saturated rings. The summed E-state index contributed by atoms with van der Waals surface area (Å²) < 4.78 is 22.2. The predicted octanol–water partition coefficient (Wildman–Crippen LogP) is -0.0854. The van der Waals surface area contributed by atoms with Gasteiger partial charge in [0.15, 0.2) is 0 Å². The number of carbonyl (C=O) groups is 1. The number of fused-ring (bicyclic) bond motifs is 2. The molecule has 4 heteroatoms. The topological polar surface area (TPSA) is 60.8 Å². The SMILES string of the molecule is [2H]C([2H])([2H])N1[C@H]2CC[C@@H]1[C@@H](C(=O)O)[C@@H](O)C2. The third kappa shape index (κ3) is 1.25. The van der Waals surface area contributed by atoms with Gasteiger partial charge in [-0.3, -0.25) is 9.69 Å². The Balaban J connectivity index is 2.29. The fourth-order valence-corrected chi connectivity index (χ4v) is 2.51. The maximum absolute atomic E-state index is 11.1. The molecule has 13 heavy (non-hydrogen) atoms. The molecule has 2 aliphatic rings. The Bertz CT molecular complexity index is 307. The van der Waals surface area contributed by atoms with Gasteiger partial charge in [-0.25, -0.2) is 0 Å². The molecule has 0 aliphatic carbocycles. The molecule has 0 radical (unpaired) electrons. The van der Waals surface area contributed by atoms with E-state index in [1.165, 1.54) is 4.90 Å². The molecule has 0 aromatic rings. The second-order valence-electron chi connectivity index (χ2n) is 3.87. The number of rotatable bonds is 1. The van der Waals surface area contributed by atoms with Gasteiger partial charge in [0, 0.05) is 16.2 Å². The van der Waals surface area contributed by atoms with Gasteiger partial charge in [-0.15, -0.1) is 0 Å². The predicted molar refractivity (Wildman–Crippen MR) is 46.3 cm³/mol. The highest BCUT2D eigenvalue weighted by Gasteiger charge is 2.48. The standard InChI is InChI=1S/C9H15NO3/c1-10-5-2-3-6(10)8(9(12)13)7(11)4-5/h5-8,11H,2-4H2,1H3,(H,12,13)/t5-,6+,7-,8+/m0/s1/i1D3. The molecule has 0 amide bonds. The van der Waals surface area contributed by atoms with Crippen molar-refractivity contribution in [2.45, 2.75) is 37.5 Å². The van der Waals surface area contributed by atoms with Gasteiger partial charge in [0.05, 0.1) is 12.0 Å². The molecule has 4 nitrogen and oxygen atoms in total. The Morgan fingerprint density at radius 2 is 2.38 bits per heavy atom. The van der Waals surface area contributed by atoms with Crippen molar-refractivity contribution < 1.29 is 19.1 Å². The molecule has 0 unspecified atom stereocenters. The fourth-order valence-electron chi connectivity index (χ4n) is 2.51. The van der Waals surface area contributed by atoms with Gasteiger partial charge in [-0.05, 0) is 26.2 Å². The number of carboxylic acid groups (broad SMARTS) is 1. The van der Waals surface area contributed by atoms with Gasteiger partial charge < -0.3 is 10.2 Å². The Kier molecular flexibility index (Phi) is 1.36. The monoisotopic (exact) mass is 188 g/mol. The molecular weight excluding hydrogens is 170 g/mol. The molecule has 0 aromatic carbocycles. The van der Waals surface area contributed by atoms with Gasteiger partial charge in [0.2, 0.25) is 0 Å². The lowest BCUT2D eigenvalue weighted by molar-refractivity contribution is -0.151. The lowest BCUT2D eigenvalue weighted by Crippen LogP contribution is -2.51. The van der Waals surface area contributed by atoms with Crippen LogP contribution in [-0.2, 0) is 4.79 Å². The van der Waals surface area contributed by atoms with E-state index >= 15 is 0 Å². The Hall–Kier alpha value is -0.610. The number of nitrogens with zero attached hydrogens (tertiary/aromatic N) is 1. The summed E-state index contributed by atoms with van der Waals surface area (Å²) in [5, 5.41) is 18.8. The van der Waals surface area contributed by atoms with E-state index in [1.807, 2.05) is 0 Å². The molecule has 0 aromatic heterocycles. The van der Waals surface area contributed by atoms with Gasteiger partial charge in [0.1, 0.15) is 0 Å². The summed E-state index contributed by atoms with van der Waals surface area (Å²) in [5.74, 6) is -2.08. The van der Waals surface area contributed by atoms with Crippen molar-refractivity contribution in [2.75, 3.05) is 6.98 Å².